The summed E-state index contributed by atoms with van der Waals surface area (Å²) in [7, 11) is 0. The summed E-state index contributed by atoms with van der Waals surface area (Å²) in [6.07, 6.45) is 2.74. The van der Waals surface area contributed by atoms with Crippen molar-refractivity contribution in [3.8, 4) is 22.3 Å². The molecule has 0 bridgehead atoms. The second-order valence-electron chi connectivity index (χ2n) is 11.6. The van der Waals surface area contributed by atoms with Gasteiger partial charge in [0, 0.05) is 54.9 Å². The van der Waals surface area contributed by atoms with E-state index in [1.165, 1.54) is 0 Å². The Bertz CT molecular complexity index is 1810. The van der Waals surface area contributed by atoms with E-state index >= 15 is 0 Å². The van der Waals surface area contributed by atoms with Crippen molar-refractivity contribution in [1.82, 2.24) is 19.5 Å². The highest BCUT2D eigenvalue weighted by Gasteiger charge is 2.23. The van der Waals surface area contributed by atoms with Crippen LogP contribution in [0, 0.1) is 5.92 Å². The first kappa shape index (κ1) is 30.4. The number of hydrogen-bond donors (Lipinski definition) is 2. The third-order valence-corrected chi connectivity index (χ3v) is 7.82. The Labute approximate surface area is 267 Å². The molecule has 0 spiro atoms. The van der Waals surface area contributed by atoms with Gasteiger partial charge in [-0.1, -0.05) is 68.4 Å². The lowest BCUT2D eigenvalue weighted by Gasteiger charge is -2.35. The number of piperazine rings is 1. The second-order valence-corrected chi connectivity index (χ2v) is 11.6. The van der Waals surface area contributed by atoms with E-state index in [9.17, 15) is 9.59 Å². The number of nitrogen functional groups attached to an aromatic ring is 1. The maximum Gasteiger partial charge on any atom is 0.411 e. The van der Waals surface area contributed by atoms with Crippen LogP contribution in [0.5, 0.6) is 0 Å². The monoisotopic (exact) mass is 619 g/mol. The van der Waals surface area contributed by atoms with Gasteiger partial charge in [-0.25, -0.2) is 14.6 Å². The minimum absolute atomic E-state index is 0.260. The van der Waals surface area contributed by atoms with Crippen molar-refractivity contribution >= 4 is 35.0 Å². The van der Waals surface area contributed by atoms with Crippen molar-refractivity contribution in [3.05, 3.63) is 96.8 Å². The number of carbonyl (C=O) groups is 2. The smallest absolute Gasteiger partial charge is 0.411 e. The van der Waals surface area contributed by atoms with E-state index in [2.05, 4.69) is 27.4 Å². The van der Waals surface area contributed by atoms with Gasteiger partial charge in [0.1, 0.15) is 12.4 Å². The molecule has 11 heteroatoms. The number of nitrogens with two attached hydrogens (primary N) is 1. The first-order valence-electron chi connectivity index (χ1n) is 15.3. The maximum absolute atomic E-state index is 12.6. The van der Waals surface area contributed by atoms with Crippen LogP contribution in [-0.2, 0) is 16.1 Å². The minimum Gasteiger partial charge on any atom is -0.449 e. The summed E-state index contributed by atoms with van der Waals surface area (Å²) in [4.78, 5) is 33.4. The van der Waals surface area contributed by atoms with Gasteiger partial charge in [0.05, 0.1) is 12.8 Å². The molecule has 46 heavy (non-hydrogen) atoms. The van der Waals surface area contributed by atoms with Crippen LogP contribution in [0.1, 0.15) is 19.4 Å². The quantitative estimate of drug-likeness (QED) is 0.207. The van der Waals surface area contributed by atoms with Gasteiger partial charge in [-0.2, -0.15) is 9.61 Å². The summed E-state index contributed by atoms with van der Waals surface area (Å²) >= 11 is 0. The molecule has 2 aromatic heterocycles. The Kier molecular flexibility index (Phi) is 9.00. The molecule has 1 aliphatic heterocycles. The van der Waals surface area contributed by atoms with Crippen LogP contribution in [-0.4, -0.2) is 64.5 Å². The van der Waals surface area contributed by atoms with Crippen LogP contribution in [0.3, 0.4) is 0 Å². The third-order valence-electron chi connectivity index (χ3n) is 7.82. The Hall–Kier alpha value is -5.58. The highest BCUT2D eigenvalue weighted by Crippen LogP contribution is 2.32. The lowest BCUT2D eigenvalue weighted by atomic mass is 10.1. The van der Waals surface area contributed by atoms with Crippen molar-refractivity contribution in [3.63, 3.8) is 0 Å². The lowest BCUT2D eigenvalue weighted by Crippen LogP contribution is -2.48. The molecular formula is C35H37N7O4. The summed E-state index contributed by atoms with van der Waals surface area (Å²) < 4.78 is 12.4. The molecule has 0 unspecified atom stereocenters. The third kappa shape index (κ3) is 6.88. The fourth-order valence-electron chi connectivity index (χ4n) is 5.33. The largest absolute Gasteiger partial charge is 0.449 e. The Morgan fingerprint density at radius 2 is 1.63 bits per heavy atom. The van der Waals surface area contributed by atoms with E-state index in [1.807, 2.05) is 68.4 Å². The highest BCUT2D eigenvalue weighted by molar-refractivity contribution is 5.86. The van der Waals surface area contributed by atoms with Gasteiger partial charge in [0.25, 0.3) is 0 Å². The fourth-order valence-corrected chi connectivity index (χ4v) is 5.33. The number of rotatable bonds is 8. The number of carbonyl (C=O) groups excluding carboxylic acids is 2. The molecule has 11 nitrogen and oxygen atoms in total. The van der Waals surface area contributed by atoms with Gasteiger partial charge in [-0.3, -0.25) is 5.32 Å². The zero-order valence-electron chi connectivity index (χ0n) is 25.9. The Balaban J connectivity index is 1.11. The number of anilines is 3. The predicted molar refractivity (Wildman–Crippen MR) is 178 cm³/mol. The van der Waals surface area contributed by atoms with E-state index in [4.69, 9.17) is 20.2 Å². The number of nitrogens with zero attached hydrogens (tertiary/aromatic N) is 5. The first-order valence-corrected chi connectivity index (χ1v) is 15.3. The molecule has 6 rings (SSSR count). The molecule has 1 fully saturated rings. The molecule has 0 aliphatic carbocycles. The van der Waals surface area contributed by atoms with Crippen LogP contribution in [0.25, 0.3) is 27.9 Å². The molecular weight excluding hydrogens is 582 g/mol. The molecule has 236 valence electrons. The first-order chi connectivity index (χ1) is 22.4. The number of aromatic nitrogens is 3. The summed E-state index contributed by atoms with van der Waals surface area (Å²) in [5.74, 6) is 0.718. The molecule has 2 amide bonds. The zero-order valence-corrected chi connectivity index (χ0v) is 25.9. The van der Waals surface area contributed by atoms with Gasteiger partial charge in [-0.05, 0) is 46.9 Å². The van der Waals surface area contributed by atoms with Gasteiger partial charge in [-0.15, -0.1) is 0 Å². The van der Waals surface area contributed by atoms with Crippen LogP contribution in [0.4, 0.5) is 26.8 Å². The Morgan fingerprint density at radius 3 is 2.37 bits per heavy atom. The molecule has 3 N–H and O–H groups in total. The van der Waals surface area contributed by atoms with E-state index in [0.29, 0.717) is 49.9 Å². The number of amides is 2. The van der Waals surface area contributed by atoms with Crippen LogP contribution >= 0.6 is 0 Å². The summed E-state index contributed by atoms with van der Waals surface area (Å²) in [6, 6.07) is 25.2. The normalized spacial score (nSPS) is 13.2. The molecule has 0 saturated carbocycles. The average Bonchev–Trinajstić information content (AvgIpc) is 3.53. The van der Waals surface area contributed by atoms with E-state index in [-0.39, 0.29) is 18.6 Å². The van der Waals surface area contributed by atoms with E-state index in [1.54, 1.807) is 33.9 Å². The summed E-state index contributed by atoms with van der Waals surface area (Å²) in [5, 5.41) is 7.30. The number of nitrogens with one attached hydrogen (secondary N) is 1. The molecule has 0 atom stereocenters. The Morgan fingerprint density at radius 1 is 0.870 bits per heavy atom. The predicted octanol–water partition coefficient (Wildman–Crippen LogP) is 6.31. The van der Waals surface area contributed by atoms with Crippen molar-refractivity contribution in [2.24, 2.45) is 5.92 Å². The molecule has 3 aromatic carbocycles. The standard InChI is InChI=1S/C35H37N7O4/c1-24(2)22-45-34(43)39-28-13-11-26(12-14-28)30-20-37-33-31(21-38-42(33)32(30)36)27-9-6-10-29(19-27)40-15-17-41(18-16-40)35(44)46-23-25-7-4-3-5-8-25/h3-14,19-21,24H,15-18,22-23,36H2,1-2H3,(H,39,43). The van der Waals surface area contributed by atoms with Crippen molar-refractivity contribution in [2.45, 2.75) is 20.5 Å². The number of hydrogen-bond acceptors (Lipinski definition) is 8. The SMILES string of the molecule is CC(C)COC(=O)Nc1ccc(-c2cnc3c(-c4cccc(N5CCN(C(=O)OCc6ccccc6)CC5)c4)cnn3c2N)cc1. The van der Waals surface area contributed by atoms with Gasteiger partial charge < -0.3 is 25.0 Å². The van der Waals surface area contributed by atoms with Crippen molar-refractivity contribution < 1.29 is 19.1 Å². The molecule has 1 saturated heterocycles. The van der Waals surface area contributed by atoms with Crippen LogP contribution in [0.15, 0.2) is 91.3 Å². The fraction of sp³-hybridized carbons (Fsp3) is 0.257. The maximum atomic E-state index is 12.6. The van der Waals surface area contributed by atoms with E-state index < -0.39 is 6.09 Å². The summed E-state index contributed by atoms with van der Waals surface area (Å²) in [5.41, 5.74) is 13.3. The lowest BCUT2D eigenvalue weighted by molar-refractivity contribution is 0.0942. The molecule has 1 aliphatic rings. The van der Waals surface area contributed by atoms with Crippen LogP contribution < -0.4 is 16.0 Å². The van der Waals surface area contributed by atoms with Gasteiger partial charge >= 0.3 is 12.2 Å². The van der Waals surface area contributed by atoms with Crippen LogP contribution in [0.2, 0.25) is 0 Å². The molecule has 5 aromatic rings. The average molecular weight is 620 g/mol. The topological polar surface area (TPSA) is 127 Å². The molecule has 0 radical (unpaired) electrons. The van der Waals surface area contributed by atoms with Crippen molar-refractivity contribution in [1.29, 1.82) is 0 Å². The zero-order chi connectivity index (χ0) is 32.0. The van der Waals surface area contributed by atoms with Gasteiger partial charge in [0.15, 0.2) is 5.65 Å². The van der Waals surface area contributed by atoms with E-state index in [0.717, 1.165) is 33.5 Å². The highest BCUT2D eigenvalue weighted by atomic mass is 16.6. The van der Waals surface area contributed by atoms with Gasteiger partial charge in [0.2, 0.25) is 0 Å². The summed E-state index contributed by atoms with van der Waals surface area (Å²) in [6.45, 7) is 7.13. The number of ether oxygens (including phenoxy) is 2. The molecule has 3 heterocycles. The number of fused-ring (bicyclic) bond motifs is 1. The minimum atomic E-state index is -0.487. The van der Waals surface area contributed by atoms with Crippen molar-refractivity contribution in [2.75, 3.05) is 48.7 Å². The number of benzene rings is 3. The second kappa shape index (κ2) is 13.6.